The topological polar surface area (TPSA) is 26.3 Å². The molecule has 0 N–H and O–H groups in total. The van der Waals surface area contributed by atoms with Gasteiger partial charge < -0.3 is 4.74 Å². The van der Waals surface area contributed by atoms with Gasteiger partial charge in [0.15, 0.2) is 0 Å². The summed E-state index contributed by atoms with van der Waals surface area (Å²) in [6.45, 7) is 5.43. The molecule has 2 rings (SSSR count). The molecule has 2 aromatic rings. The maximum atomic E-state index is 13.7. The second-order valence-electron chi connectivity index (χ2n) is 5.55. The first-order valence-corrected chi connectivity index (χ1v) is 6.45. The fraction of sp³-hybridized carbons (Fsp3) is 0.235. The Hall–Kier alpha value is -2.16. The molecule has 2 nitrogen and oxygen atoms in total. The molecule has 0 radical (unpaired) electrons. The molecule has 0 heterocycles. The summed E-state index contributed by atoms with van der Waals surface area (Å²) in [5, 5.41) is 1.31. The van der Waals surface area contributed by atoms with Crippen molar-refractivity contribution in [2.45, 2.75) is 26.4 Å². The second kappa shape index (κ2) is 5.45. The van der Waals surface area contributed by atoms with Crippen LogP contribution in [0.1, 0.15) is 26.3 Å². The fourth-order valence-electron chi connectivity index (χ4n) is 1.92. The van der Waals surface area contributed by atoms with E-state index in [-0.39, 0.29) is 5.82 Å². The lowest BCUT2D eigenvalue weighted by atomic mass is 10.0. The SMILES string of the molecule is CC(C)(C)OC(=O)/C=C/c1ccc(F)c2ccccc12. The summed E-state index contributed by atoms with van der Waals surface area (Å²) in [5.74, 6) is -0.680. The standard InChI is InChI=1S/C17H17FO2/c1-17(2,3)20-16(19)11-9-12-8-10-15(18)14-7-5-4-6-13(12)14/h4-11H,1-3H3/b11-9+. The van der Waals surface area contributed by atoms with Gasteiger partial charge in [0.2, 0.25) is 0 Å². The number of halogens is 1. The first-order chi connectivity index (χ1) is 9.37. The summed E-state index contributed by atoms with van der Waals surface area (Å²) in [6, 6.07) is 10.2. The molecule has 0 spiro atoms. The van der Waals surface area contributed by atoms with Crippen LogP contribution in [-0.4, -0.2) is 11.6 Å². The van der Waals surface area contributed by atoms with E-state index < -0.39 is 11.6 Å². The van der Waals surface area contributed by atoms with E-state index in [0.29, 0.717) is 5.39 Å². The molecule has 3 heteroatoms. The monoisotopic (exact) mass is 272 g/mol. The predicted octanol–water partition coefficient (Wildman–Crippen LogP) is 4.33. The molecular weight excluding hydrogens is 255 g/mol. The molecule has 0 aliphatic heterocycles. The van der Waals surface area contributed by atoms with Gasteiger partial charge in [0.1, 0.15) is 11.4 Å². The third-order valence-corrected chi connectivity index (χ3v) is 2.71. The van der Waals surface area contributed by atoms with E-state index in [4.69, 9.17) is 4.74 Å². The van der Waals surface area contributed by atoms with Crippen LogP contribution in [-0.2, 0) is 9.53 Å². The number of rotatable bonds is 2. The quantitative estimate of drug-likeness (QED) is 0.600. The van der Waals surface area contributed by atoms with Gasteiger partial charge in [0.05, 0.1) is 0 Å². The first kappa shape index (κ1) is 14.3. The van der Waals surface area contributed by atoms with Crippen LogP contribution in [0.15, 0.2) is 42.5 Å². The molecule has 0 aliphatic carbocycles. The minimum absolute atomic E-state index is 0.269. The van der Waals surface area contributed by atoms with Crippen LogP contribution in [0, 0.1) is 5.82 Å². The van der Waals surface area contributed by atoms with E-state index in [9.17, 15) is 9.18 Å². The molecule has 0 amide bonds. The third kappa shape index (κ3) is 3.44. The maximum absolute atomic E-state index is 13.7. The summed E-state index contributed by atoms with van der Waals surface area (Å²) in [4.78, 5) is 11.7. The van der Waals surface area contributed by atoms with Crippen molar-refractivity contribution in [3.8, 4) is 0 Å². The van der Waals surface area contributed by atoms with Crippen LogP contribution in [0.5, 0.6) is 0 Å². The van der Waals surface area contributed by atoms with Crippen LogP contribution >= 0.6 is 0 Å². The van der Waals surface area contributed by atoms with Crippen LogP contribution in [0.2, 0.25) is 0 Å². The highest BCUT2D eigenvalue weighted by molar-refractivity contribution is 5.95. The lowest BCUT2D eigenvalue weighted by molar-refractivity contribution is -0.148. The Balaban J connectivity index is 2.31. The lowest BCUT2D eigenvalue weighted by Crippen LogP contribution is -2.22. The molecule has 104 valence electrons. The Labute approximate surface area is 117 Å². The molecule has 0 saturated heterocycles. The van der Waals surface area contributed by atoms with E-state index in [2.05, 4.69) is 0 Å². The zero-order chi connectivity index (χ0) is 14.8. The maximum Gasteiger partial charge on any atom is 0.331 e. The van der Waals surface area contributed by atoms with Crippen LogP contribution < -0.4 is 0 Å². The number of esters is 1. The largest absolute Gasteiger partial charge is 0.457 e. The highest BCUT2D eigenvalue weighted by Gasteiger charge is 2.14. The Morgan fingerprint density at radius 3 is 2.40 bits per heavy atom. The van der Waals surface area contributed by atoms with Gasteiger partial charge in [0, 0.05) is 11.5 Å². The summed E-state index contributed by atoms with van der Waals surface area (Å²) >= 11 is 0. The Morgan fingerprint density at radius 2 is 1.75 bits per heavy atom. The van der Waals surface area contributed by atoms with E-state index in [1.165, 1.54) is 12.1 Å². The van der Waals surface area contributed by atoms with Crippen molar-refractivity contribution in [3.63, 3.8) is 0 Å². The van der Waals surface area contributed by atoms with Crippen LogP contribution in [0.25, 0.3) is 16.8 Å². The molecule has 0 fully saturated rings. The minimum atomic E-state index is -0.522. The average molecular weight is 272 g/mol. The van der Waals surface area contributed by atoms with Crippen molar-refractivity contribution in [2.24, 2.45) is 0 Å². The van der Waals surface area contributed by atoms with Crippen molar-refractivity contribution >= 4 is 22.8 Å². The molecule has 0 atom stereocenters. The van der Waals surface area contributed by atoms with Crippen molar-refractivity contribution < 1.29 is 13.9 Å². The van der Waals surface area contributed by atoms with Gasteiger partial charge in [-0.3, -0.25) is 0 Å². The zero-order valence-electron chi connectivity index (χ0n) is 11.8. The van der Waals surface area contributed by atoms with Crippen molar-refractivity contribution in [1.82, 2.24) is 0 Å². The Kier molecular flexibility index (Phi) is 3.89. The smallest absolute Gasteiger partial charge is 0.331 e. The Bertz CT molecular complexity index is 666. The minimum Gasteiger partial charge on any atom is -0.457 e. The highest BCUT2D eigenvalue weighted by Crippen LogP contribution is 2.22. The van der Waals surface area contributed by atoms with Gasteiger partial charge in [-0.15, -0.1) is 0 Å². The number of hydrogen-bond acceptors (Lipinski definition) is 2. The van der Waals surface area contributed by atoms with E-state index in [0.717, 1.165) is 10.9 Å². The predicted molar refractivity (Wildman–Crippen MR) is 78.8 cm³/mol. The highest BCUT2D eigenvalue weighted by atomic mass is 19.1. The van der Waals surface area contributed by atoms with E-state index in [1.807, 2.05) is 32.9 Å². The molecule has 0 unspecified atom stereocenters. The van der Waals surface area contributed by atoms with Gasteiger partial charge >= 0.3 is 5.97 Å². The number of fused-ring (bicyclic) bond motifs is 1. The van der Waals surface area contributed by atoms with Gasteiger partial charge in [-0.1, -0.05) is 30.3 Å². The lowest BCUT2D eigenvalue weighted by Gasteiger charge is -2.17. The summed E-state index contributed by atoms with van der Waals surface area (Å²) in [7, 11) is 0. The van der Waals surface area contributed by atoms with Crippen LogP contribution in [0.3, 0.4) is 0 Å². The summed E-state index contributed by atoms with van der Waals surface area (Å²) in [5.41, 5.74) is 0.264. The molecule has 0 bridgehead atoms. The number of hydrogen-bond donors (Lipinski definition) is 0. The molecular formula is C17H17FO2. The van der Waals surface area contributed by atoms with Crippen molar-refractivity contribution in [1.29, 1.82) is 0 Å². The van der Waals surface area contributed by atoms with E-state index >= 15 is 0 Å². The normalized spacial score (nSPS) is 12.0. The van der Waals surface area contributed by atoms with Crippen LogP contribution in [0.4, 0.5) is 4.39 Å². The van der Waals surface area contributed by atoms with Crippen molar-refractivity contribution in [3.05, 3.63) is 53.9 Å². The fourth-order valence-corrected chi connectivity index (χ4v) is 1.92. The number of carbonyl (C=O) groups excluding carboxylic acids is 1. The third-order valence-electron chi connectivity index (χ3n) is 2.71. The van der Waals surface area contributed by atoms with Gasteiger partial charge in [0.25, 0.3) is 0 Å². The van der Waals surface area contributed by atoms with Crippen molar-refractivity contribution in [2.75, 3.05) is 0 Å². The molecule has 2 aromatic carbocycles. The van der Waals surface area contributed by atoms with Gasteiger partial charge in [-0.2, -0.15) is 0 Å². The van der Waals surface area contributed by atoms with Gasteiger partial charge in [-0.25, -0.2) is 9.18 Å². The zero-order valence-corrected chi connectivity index (χ0v) is 11.8. The number of benzene rings is 2. The first-order valence-electron chi connectivity index (χ1n) is 6.45. The molecule has 0 aliphatic rings. The summed E-state index contributed by atoms with van der Waals surface area (Å²) in [6.07, 6.45) is 3.01. The number of carbonyl (C=O) groups is 1. The Morgan fingerprint density at radius 1 is 1.10 bits per heavy atom. The second-order valence-corrected chi connectivity index (χ2v) is 5.55. The molecule has 0 aromatic heterocycles. The molecule has 20 heavy (non-hydrogen) atoms. The van der Waals surface area contributed by atoms with E-state index in [1.54, 1.807) is 24.3 Å². The molecule has 0 saturated carbocycles. The average Bonchev–Trinajstić information content (AvgIpc) is 2.36. The summed E-state index contributed by atoms with van der Waals surface area (Å²) < 4.78 is 18.9. The number of ether oxygens (including phenoxy) is 1. The van der Waals surface area contributed by atoms with Gasteiger partial charge in [-0.05, 0) is 43.9 Å².